The Bertz CT molecular complexity index is 482. The summed E-state index contributed by atoms with van der Waals surface area (Å²) < 4.78 is 33.3. The fourth-order valence-corrected chi connectivity index (χ4v) is 2.76. The molecule has 0 saturated carbocycles. The maximum absolute atomic E-state index is 12.0. The van der Waals surface area contributed by atoms with Crippen molar-refractivity contribution in [2.45, 2.75) is 31.3 Å². The molecular formula is C12H22N2O4S. The number of aryl methyl sites for hydroxylation is 1. The molecule has 1 heterocycles. The van der Waals surface area contributed by atoms with E-state index >= 15 is 0 Å². The summed E-state index contributed by atoms with van der Waals surface area (Å²) in [5.41, 5.74) is 0.562. The largest absolute Gasteiger partial charge is 0.390 e. The van der Waals surface area contributed by atoms with E-state index in [1.165, 1.54) is 12.3 Å². The molecule has 0 amide bonds. The average Bonchev–Trinajstić information content (AvgIpc) is 2.76. The van der Waals surface area contributed by atoms with Crippen LogP contribution in [0.25, 0.3) is 0 Å². The number of hydrogen-bond acceptors (Lipinski definition) is 4. The van der Waals surface area contributed by atoms with Gasteiger partial charge in [0, 0.05) is 38.7 Å². The SMILES string of the molecule is CCCOCCCNS(=O)(=O)c1cc(CO)n(C)c1. The van der Waals surface area contributed by atoms with E-state index < -0.39 is 10.0 Å². The number of aliphatic hydroxyl groups excluding tert-OH is 1. The fourth-order valence-electron chi connectivity index (χ4n) is 1.59. The van der Waals surface area contributed by atoms with Crippen molar-refractivity contribution in [2.75, 3.05) is 19.8 Å². The number of nitrogens with one attached hydrogen (secondary N) is 1. The Kier molecular flexibility index (Phi) is 6.50. The standard InChI is InChI=1S/C12H22N2O4S/c1-3-6-18-7-4-5-13-19(16,17)12-8-11(10-15)14(2)9-12/h8-9,13,15H,3-7,10H2,1-2H3. The van der Waals surface area contributed by atoms with Gasteiger partial charge in [0.1, 0.15) is 0 Å². The van der Waals surface area contributed by atoms with Crippen molar-refractivity contribution in [1.29, 1.82) is 0 Å². The fraction of sp³-hybridized carbons (Fsp3) is 0.667. The summed E-state index contributed by atoms with van der Waals surface area (Å²) in [4.78, 5) is 0.175. The normalized spacial score (nSPS) is 11.9. The summed E-state index contributed by atoms with van der Waals surface area (Å²) in [7, 11) is -1.80. The topological polar surface area (TPSA) is 80.6 Å². The number of ether oxygens (including phenoxy) is 1. The highest BCUT2D eigenvalue weighted by atomic mass is 32.2. The van der Waals surface area contributed by atoms with Crippen molar-refractivity contribution in [1.82, 2.24) is 9.29 Å². The minimum absolute atomic E-state index is 0.175. The van der Waals surface area contributed by atoms with Crippen LogP contribution in [0.15, 0.2) is 17.2 Å². The first-order valence-electron chi connectivity index (χ1n) is 6.34. The van der Waals surface area contributed by atoms with Crippen molar-refractivity contribution >= 4 is 10.0 Å². The lowest BCUT2D eigenvalue weighted by molar-refractivity contribution is 0.133. The molecule has 0 atom stereocenters. The highest BCUT2D eigenvalue weighted by Crippen LogP contribution is 2.13. The second-order valence-corrected chi connectivity index (χ2v) is 6.07. The zero-order valence-electron chi connectivity index (χ0n) is 11.4. The van der Waals surface area contributed by atoms with Gasteiger partial charge in [-0.15, -0.1) is 0 Å². The Hall–Kier alpha value is -0.890. The molecule has 6 nitrogen and oxygen atoms in total. The molecule has 1 aromatic heterocycles. The van der Waals surface area contributed by atoms with Gasteiger partial charge in [-0.1, -0.05) is 6.92 Å². The summed E-state index contributed by atoms with van der Waals surface area (Å²) in [6.45, 7) is 3.43. The third-order valence-corrected chi connectivity index (χ3v) is 4.09. The van der Waals surface area contributed by atoms with E-state index in [9.17, 15) is 8.42 Å². The maximum Gasteiger partial charge on any atom is 0.242 e. The lowest BCUT2D eigenvalue weighted by atomic mass is 10.4. The summed E-state index contributed by atoms with van der Waals surface area (Å²) in [6.07, 6.45) is 3.08. The van der Waals surface area contributed by atoms with Crippen LogP contribution in [0.3, 0.4) is 0 Å². The molecule has 7 heteroatoms. The molecule has 1 aromatic rings. The predicted molar refractivity (Wildman–Crippen MR) is 72.3 cm³/mol. The van der Waals surface area contributed by atoms with Crippen LogP contribution in [-0.4, -0.2) is 37.8 Å². The molecule has 2 N–H and O–H groups in total. The number of aliphatic hydroxyl groups is 1. The van der Waals surface area contributed by atoms with Gasteiger partial charge in [0.15, 0.2) is 0 Å². The Morgan fingerprint density at radius 3 is 2.74 bits per heavy atom. The highest BCUT2D eigenvalue weighted by Gasteiger charge is 2.16. The first-order valence-corrected chi connectivity index (χ1v) is 7.83. The molecule has 0 bridgehead atoms. The lowest BCUT2D eigenvalue weighted by Gasteiger charge is -2.05. The number of nitrogens with zero attached hydrogens (tertiary/aromatic N) is 1. The van der Waals surface area contributed by atoms with Crippen LogP contribution in [0.2, 0.25) is 0 Å². The molecule has 0 fully saturated rings. The van der Waals surface area contributed by atoms with Gasteiger partial charge in [0.25, 0.3) is 0 Å². The van der Waals surface area contributed by atoms with Crippen molar-refractivity contribution in [3.05, 3.63) is 18.0 Å². The third-order valence-electron chi connectivity index (χ3n) is 2.66. The lowest BCUT2D eigenvalue weighted by Crippen LogP contribution is -2.25. The van der Waals surface area contributed by atoms with E-state index in [2.05, 4.69) is 4.72 Å². The van der Waals surface area contributed by atoms with Crippen LogP contribution in [-0.2, 0) is 28.4 Å². The molecular weight excluding hydrogens is 268 g/mol. The van der Waals surface area contributed by atoms with E-state index in [1.54, 1.807) is 11.6 Å². The van der Waals surface area contributed by atoms with Gasteiger partial charge in [-0.25, -0.2) is 13.1 Å². The number of hydrogen-bond donors (Lipinski definition) is 2. The molecule has 0 aliphatic rings. The summed E-state index contributed by atoms with van der Waals surface area (Å²) in [5, 5.41) is 9.04. The van der Waals surface area contributed by atoms with Gasteiger partial charge < -0.3 is 14.4 Å². The molecule has 0 spiro atoms. The molecule has 0 aliphatic carbocycles. The Morgan fingerprint density at radius 1 is 1.42 bits per heavy atom. The minimum atomic E-state index is -3.50. The van der Waals surface area contributed by atoms with Crippen LogP contribution in [0, 0.1) is 0 Å². The smallest absolute Gasteiger partial charge is 0.242 e. The predicted octanol–water partition coefficient (Wildman–Crippen LogP) is 0.612. The number of aromatic nitrogens is 1. The van der Waals surface area contributed by atoms with E-state index in [0.717, 1.165) is 6.42 Å². The molecule has 0 aliphatic heterocycles. The van der Waals surface area contributed by atoms with Crippen molar-refractivity contribution < 1.29 is 18.3 Å². The summed E-state index contributed by atoms with van der Waals surface area (Å²) in [5.74, 6) is 0. The van der Waals surface area contributed by atoms with Gasteiger partial charge in [-0.05, 0) is 18.9 Å². The van der Waals surface area contributed by atoms with Crippen molar-refractivity contribution in [3.63, 3.8) is 0 Å². The van der Waals surface area contributed by atoms with Gasteiger partial charge in [0.2, 0.25) is 10.0 Å². The van der Waals surface area contributed by atoms with E-state index in [-0.39, 0.29) is 11.5 Å². The van der Waals surface area contributed by atoms with Gasteiger partial charge in [-0.3, -0.25) is 0 Å². The molecule has 19 heavy (non-hydrogen) atoms. The van der Waals surface area contributed by atoms with Crippen LogP contribution in [0.4, 0.5) is 0 Å². The molecule has 1 rings (SSSR count). The first-order chi connectivity index (χ1) is 9.01. The van der Waals surface area contributed by atoms with Crippen LogP contribution in [0.1, 0.15) is 25.5 Å². The van der Waals surface area contributed by atoms with Crippen molar-refractivity contribution in [3.8, 4) is 0 Å². The summed E-state index contributed by atoms with van der Waals surface area (Å²) in [6, 6.07) is 1.47. The molecule has 110 valence electrons. The highest BCUT2D eigenvalue weighted by molar-refractivity contribution is 7.89. The molecule has 0 saturated heterocycles. The second kappa shape index (κ2) is 7.64. The third kappa shape index (κ3) is 4.94. The quantitative estimate of drug-likeness (QED) is 0.653. The molecule has 0 radical (unpaired) electrons. The first kappa shape index (κ1) is 16.2. The zero-order chi connectivity index (χ0) is 14.3. The average molecular weight is 290 g/mol. The van der Waals surface area contributed by atoms with Crippen molar-refractivity contribution in [2.24, 2.45) is 7.05 Å². The minimum Gasteiger partial charge on any atom is -0.390 e. The maximum atomic E-state index is 12.0. The molecule has 0 aromatic carbocycles. The number of rotatable bonds is 9. The van der Waals surface area contributed by atoms with E-state index in [1.807, 2.05) is 6.92 Å². The number of sulfonamides is 1. The van der Waals surface area contributed by atoms with E-state index in [0.29, 0.717) is 31.9 Å². The van der Waals surface area contributed by atoms with Crippen LogP contribution < -0.4 is 4.72 Å². The zero-order valence-corrected chi connectivity index (χ0v) is 12.2. The van der Waals surface area contributed by atoms with E-state index in [4.69, 9.17) is 9.84 Å². The Morgan fingerprint density at radius 2 is 2.16 bits per heavy atom. The summed E-state index contributed by atoms with van der Waals surface area (Å²) >= 11 is 0. The Labute approximate surface area is 114 Å². The van der Waals surface area contributed by atoms with Crippen LogP contribution >= 0.6 is 0 Å². The molecule has 0 unspecified atom stereocenters. The van der Waals surface area contributed by atoms with Crippen LogP contribution in [0.5, 0.6) is 0 Å². The van der Waals surface area contributed by atoms with Gasteiger partial charge >= 0.3 is 0 Å². The van der Waals surface area contributed by atoms with Gasteiger partial charge in [-0.2, -0.15) is 0 Å². The second-order valence-electron chi connectivity index (χ2n) is 4.30. The van der Waals surface area contributed by atoms with Gasteiger partial charge in [0.05, 0.1) is 11.5 Å². The Balaban J connectivity index is 2.47. The monoisotopic (exact) mass is 290 g/mol.